The molecule has 2 unspecified atom stereocenters. The van der Waals surface area contributed by atoms with Gasteiger partial charge < -0.3 is 14.7 Å². The number of anilines is 8. The second-order valence-corrected chi connectivity index (χ2v) is 25.9. The molecule has 12 rings (SSSR count). The molecule has 3 aliphatic heterocycles. The lowest BCUT2D eigenvalue weighted by molar-refractivity contribution is 0.195. The van der Waals surface area contributed by atoms with E-state index in [0.717, 1.165) is 6.42 Å². The van der Waals surface area contributed by atoms with Crippen LogP contribution in [0.2, 0.25) is 0 Å². The molecule has 4 heteroatoms. The Morgan fingerprint density at radius 3 is 1.72 bits per heavy atom. The van der Waals surface area contributed by atoms with Gasteiger partial charge in [-0.15, -0.1) is 0 Å². The smallest absolute Gasteiger partial charge is 0.252 e. The molecule has 2 atom stereocenters. The molecule has 0 saturated heterocycles. The van der Waals surface area contributed by atoms with Crippen LogP contribution in [-0.4, -0.2) is 12.3 Å². The van der Waals surface area contributed by atoms with Crippen molar-refractivity contribution in [2.24, 2.45) is 0 Å². The van der Waals surface area contributed by atoms with Crippen LogP contribution in [-0.2, 0) is 21.7 Å². The van der Waals surface area contributed by atoms with Crippen molar-refractivity contribution < 1.29 is 0 Å². The predicted octanol–water partition coefficient (Wildman–Crippen LogP) is 17.4. The summed E-state index contributed by atoms with van der Waals surface area (Å²) < 4.78 is 0. The molecule has 3 nitrogen and oxygen atoms in total. The van der Waals surface area contributed by atoms with Crippen LogP contribution in [0.15, 0.2) is 164 Å². The number of aryl methyl sites for hydroxylation is 2. The molecule has 3 heterocycles. The second-order valence-electron chi connectivity index (χ2n) is 25.9. The summed E-state index contributed by atoms with van der Waals surface area (Å²) in [5.74, 6) is 0. The van der Waals surface area contributed by atoms with Crippen molar-refractivity contribution in [1.29, 1.82) is 0 Å². The number of fused-ring (bicyclic) bond motifs is 7. The average Bonchev–Trinajstić information content (AvgIpc) is 3.58. The molecule has 0 spiro atoms. The maximum Gasteiger partial charge on any atom is 0.252 e. The number of benzene rings is 8. The average molecular weight is 968 g/mol. The van der Waals surface area contributed by atoms with E-state index in [0.29, 0.717) is 0 Å². The van der Waals surface area contributed by atoms with E-state index in [9.17, 15) is 0 Å². The summed E-state index contributed by atoms with van der Waals surface area (Å²) in [6, 6.07) is 64.0. The third-order valence-corrected chi connectivity index (χ3v) is 18.1. The molecule has 8 aromatic carbocycles. The number of nitrogens with zero attached hydrogens (tertiary/aromatic N) is 3. The first kappa shape index (κ1) is 48.2. The maximum absolute atomic E-state index is 2.78. The lowest BCUT2D eigenvalue weighted by atomic mass is 9.33. The van der Waals surface area contributed by atoms with Crippen LogP contribution >= 0.6 is 0 Å². The topological polar surface area (TPSA) is 9.72 Å². The van der Waals surface area contributed by atoms with E-state index >= 15 is 0 Å². The van der Waals surface area contributed by atoms with Gasteiger partial charge in [0.2, 0.25) is 0 Å². The van der Waals surface area contributed by atoms with Gasteiger partial charge in [-0.25, -0.2) is 0 Å². The van der Waals surface area contributed by atoms with Crippen molar-refractivity contribution in [2.75, 3.05) is 14.7 Å². The normalized spacial score (nSPS) is 18.9. The molecule has 0 N–H and O–H groups in total. The van der Waals surface area contributed by atoms with Gasteiger partial charge in [-0.2, -0.15) is 0 Å². The van der Waals surface area contributed by atoms with Crippen molar-refractivity contribution in [2.45, 2.75) is 143 Å². The van der Waals surface area contributed by atoms with Crippen molar-refractivity contribution in [1.82, 2.24) is 0 Å². The first-order valence-electron chi connectivity index (χ1n) is 27.5. The largest absolute Gasteiger partial charge is 0.334 e. The monoisotopic (exact) mass is 968 g/mol. The number of rotatable bonds is 5. The Labute approximate surface area is 443 Å². The maximum atomic E-state index is 2.78. The molecular formula is C70H74BN3. The minimum atomic E-state index is -0.111. The van der Waals surface area contributed by atoms with Crippen LogP contribution in [0, 0.1) is 13.8 Å². The fourth-order valence-electron chi connectivity index (χ4n) is 13.6. The fraction of sp³-hybridized carbons (Fsp3) is 0.314. The van der Waals surface area contributed by atoms with E-state index in [4.69, 9.17) is 0 Å². The van der Waals surface area contributed by atoms with E-state index in [1.54, 1.807) is 0 Å². The minimum absolute atomic E-state index is 0.00427. The Bertz CT molecular complexity index is 3530. The van der Waals surface area contributed by atoms with E-state index in [1.807, 2.05) is 0 Å². The number of hydrogen-bond donors (Lipinski definition) is 0. The fourth-order valence-corrected chi connectivity index (χ4v) is 13.6. The molecule has 8 aromatic rings. The predicted molar refractivity (Wildman–Crippen MR) is 320 cm³/mol. The Morgan fingerprint density at radius 1 is 0.432 bits per heavy atom. The summed E-state index contributed by atoms with van der Waals surface area (Å²) in [4.78, 5) is 8.03. The molecule has 4 aliphatic rings. The highest BCUT2D eigenvalue weighted by atomic mass is 15.3. The molecule has 1 fully saturated rings. The summed E-state index contributed by atoms with van der Waals surface area (Å²) >= 11 is 0. The highest BCUT2D eigenvalue weighted by molar-refractivity contribution is 7.00. The molecule has 0 radical (unpaired) electrons. The zero-order valence-corrected chi connectivity index (χ0v) is 46.3. The summed E-state index contributed by atoms with van der Waals surface area (Å²) in [6.07, 6.45) is 4.79. The molecule has 74 heavy (non-hydrogen) atoms. The van der Waals surface area contributed by atoms with Gasteiger partial charge in [0.25, 0.3) is 6.71 Å². The highest BCUT2D eigenvalue weighted by Gasteiger charge is 2.58. The summed E-state index contributed by atoms with van der Waals surface area (Å²) in [7, 11) is 0. The first-order chi connectivity index (χ1) is 35.2. The van der Waals surface area contributed by atoms with Gasteiger partial charge in [-0.05, 0) is 183 Å². The van der Waals surface area contributed by atoms with Crippen molar-refractivity contribution in [3.63, 3.8) is 0 Å². The van der Waals surface area contributed by atoms with Gasteiger partial charge in [0.15, 0.2) is 0 Å². The van der Waals surface area contributed by atoms with Gasteiger partial charge in [0.1, 0.15) is 0 Å². The van der Waals surface area contributed by atoms with E-state index in [2.05, 4.69) is 269 Å². The molecular weight excluding hydrogens is 894 g/mol. The van der Waals surface area contributed by atoms with E-state index in [1.165, 1.54) is 137 Å². The second kappa shape index (κ2) is 16.9. The van der Waals surface area contributed by atoms with Crippen molar-refractivity contribution in [3.8, 4) is 22.3 Å². The quantitative estimate of drug-likeness (QED) is 0.159. The van der Waals surface area contributed by atoms with Crippen LogP contribution in [0.3, 0.4) is 0 Å². The zero-order chi connectivity index (χ0) is 51.9. The van der Waals surface area contributed by atoms with Crippen molar-refractivity contribution >= 4 is 68.6 Å². The van der Waals surface area contributed by atoms with E-state index < -0.39 is 0 Å². The van der Waals surface area contributed by atoms with Gasteiger partial charge in [-0.3, -0.25) is 0 Å². The Morgan fingerprint density at radius 2 is 1.03 bits per heavy atom. The molecule has 0 aromatic heterocycles. The Hall–Kier alpha value is -6.78. The van der Waals surface area contributed by atoms with Crippen LogP contribution in [0.5, 0.6) is 0 Å². The summed E-state index contributed by atoms with van der Waals surface area (Å²) in [5.41, 5.74) is 27.0. The summed E-state index contributed by atoms with van der Waals surface area (Å²) in [6.45, 7) is 30.7. The first-order valence-corrected chi connectivity index (χ1v) is 27.5. The van der Waals surface area contributed by atoms with Gasteiger partial charge >= 0.3 is 0 Å². The Balaban J connectivity index is 1.13. The SMILES string of the molecule is Cc1cc2c3c(c1)N(c1ccc(C(C)(C)C)cc1-c1ccccc1)c1ccc(C(C)(C)C)cc1B3c1ccc(N3c4ccc(-c5ccccc5C)cc4C4(C)CCCCC34C)cc1N2c1ccc(C(C)(C)C)cc1. The molecule has 0 bridgehead atoms. The number of hydrogen-bond acceptors (Lipinski definition) is 3. The lowest BCUT2D eigenvalue weighted by Gasteiger charge is -2.50. The highest BCUT2D eigenvalue weighted by Crippen LogP contribution is 2.62. The van der Waals surface area contributed by atoms with Crippen LogP contribution in [0.1, 0.15) is 135 Å². The third kappa shape index (κ3) is 7.44. The van der Waals surface area contributed by atoms with Crippen LogP contribution in [0.25, 0.3) is 22.3 Å². The molecule has 372 valence electrons. The Kier molecular flexibility index (Phi) is 11.0. The molecule has 0 amide bonds. The van der Waals surface area contributed by atoms with Crippen LogP contribution < -0.4 is 31.1 Å². The standard InChI is InChI=1S/C70H74BN3/c1-45-39-63-65-64(40-45)73(59-35-28-50(67(6,7)8)42-55(59)47-22-15-14-16-23-47)61-36-29-51(68(9,10)11)43-58(61)71(65)57-33-32-53(44-62(57)72(63)52-30-26-49(27-31-52)66(3,4)5)74-60-34-25-48(54-24-18-17-21-46(54)2)41-56(60)69(12)37-19-20-38-70(69,74)13/h14-18,21-36,39-44H,19-20,37-38H2,1-13H3. The van der Waals surface area contributed by atoms with Crippen LogP contribution in [0.4, 0.5) is 45.5 Å². The van der Waals surface area contributed by atoms with E-state index in [-0.39, 0.29) is 33.9 Å². The zero-order valence-electron chi connectivity index (χ0n) is 46.3. The third-order valence-electron chi connectivity index (χ3n) is 18.1. The van der Waals surface area contributed by atoms with Gasteiger partial charge in [0, 0.05) is 50.8 Å². The van der Waals surface area contributed by atoms with Crippen molar-refractivity contribution in [3.05, 3.63) is 197 Å². The van der Waals surface area contributed by atoms with Gasteiger partial charge in [0.05, 0.1) is 11.2 Å². The lowest BCUT2D eigenvalue weighted by Crippen LogP contribution is -2.61. The minimum Gasteiger partial charge on any atom is -0.334 e. The van der Waals surface area contributed by atoms with Gasteiger partial charge in [-0.1, -0.05) is 179 Å². The summed E-state index contributed by atoms with van der Waals surface area (Å²) in [5, 5.41) is 0. The molecule has 1 aliphatic carbocycles. The molecule has 1 saturated carbocycles.